The van der Waals surface area contributed by atoms with E-state index in [4.69, 9.17) is 16.8 Å². The number of nitriles is 1. The van der Waals surface area contributed by atoms with E-state index in [0.717, 1.165) is 11.3 Å². The van der Waals surface area contributed by atoms with E-state index in [-0.39, 0.29) is 6.61 Å². The fourth-order valence-electron chi connectivity index (χ4n) is 1.33. The van der Waals surface area contributed by atoms with Gasteiger partial charge in [-0.25, -0.2) is 0 Å². The van der Waals surface area contributed by atoms with Crippen LogP contribution in [-0.2, 0) is 6.61 Å². The van der Waals surface area contributed by atoms with Gasteiger partial charge in [0.1, 0.15) is 6.07 Å². The van der Waals surface area contributed by atoms with Crippen molar-refractivity contribution in [3.8, 4) is 18.4 Å². The van der Waals surface area contributed by atoms with Crippen LogP contribution in [0.2, 0.25) is 0 Å². The van der Waals surface area contributed by atoms with E-state index >= 15 is 0 Å². The van der Waals surface area contributed by atoms with Crippen LogP contribution in [0.5, 0.6) is 0 Å². The van der Waals surface area contributed by atoms with Gasteiger partial charge in [0.05, 0.1) is 24.4 Å². The standard InChI is InChI=1S/C12H12N2O/c1-3-6-14(2)12-5-4-10(9-15)7-11(12)8-13/h1,4-5,7,15H,6,9H2,2H3. The van der Waals surface area contributed by atoms with E-state index in [1.807, 2.05) is 11.9 Å². The van der Waals surface area contributed by atoms with Gasteiger partial charge in [-0.05, 0) is 17.7 Å². The Hall–Kier alpha value is -1.97. The highest BCUT2D eigenvalue weighted by Crippen LogP contribution is 2.20. The minimum Gasteiger partial charge on any atom is -0.392 e. The molecular formula is C12H12N2O. The predicted molar refractivity (Wildman–Crippen MR) is 59.2 cm³/mol. The molecule has 0 radical (unpaired) electrons. The molecule has 0 fully saturated rings. The van der Waals surface area contributed by atoms with Gasteiger partial charge in [0.2, 0.25) is 0 Å². The van der Waals surface area contributed by atoms with Crippen LogP contribution in [0.25, 0.3) is 0 Å². The Morgan fingerprint density at radius 2 is 2.27 bits per heavy atom. The van der Waals surface area contributed by atoms with Crippen molar-refractivity contribution in [1.82, 2.24) is 0 Å². The maximum atomic E-state index is 8.95. The van der Waals surface area contributed by atoms with E-state index in [2.05, 4.69) is 12.0 Å². The molecule has 1 aromatic rings. The molecule has 0 atom stereocenters. The highest BCUT2D eigenvalue weighted by molar-refractivity contribution is 5.60. The third kappa shape index (κ3) is 2.49. The van der Waals surface area contributed by atoms with Crippen LogP contribution in [-0.4, -0.2) is 18.7 Å². The number of rotatable bonds is 3. The Labute approximate surface area is 89.6 Å². The van der Waals surface area contributed by atoms with Crippen LogP contribution in [0.15, 0.2) is 18.2 Å². The first-order valence-corrected chi connectivity index (χ1v) is 4.51. The fourth-order valence-corrected chi connectivity index (χ4v) is 1.33. The Balaban J connectivity index is 3.10. The lowest BCUT2D eigenvalue weighted by atomic mass is 10.1. The van der Waals surface area contributed by atoms with Crippen molar-refractivity contribution in [2.75, 3.05) is 18.5 Å². The molecule has 0 aromatic heterocycles. The molecule has 0 unspecified atom stereocenters. The molecule has 0 aliphatic carbocycles. The summed E-state index contributed by atoms with van der Waals surface area (Å²) in [4.78, 5) is 1.82. The second-order valence-corrected chi connectivity index (χ2v) is 3.18. The summed E-state index contributed by atoms with van der Waals surface area (Å²) < 4.78 is 0. The maximum Gasteiger partial charge on any atom is 0.101 e. The summed E-state index contributed by atoms with van der Waals surface area (Å²) >= 11 is 0. The van der Waals surface area contributed by atoms with Crippen LogP contribution in [0.4, 0.5) is 5.69 Å². The number of hydrogen-bond acceptors (Lipinski definition) is 3. The van der Waals surface area contributed by atoms with Crippen molar-refractivity contribution < 1.29 is 5.11 Å². The van der Waals surface area contributed by atoms with E-state index in [1.54, 1.807) is 18.2 Å². The topological polar surface area (TPSA) is 47.3 Å². The van der Waals surface area contributed by atoms with E-state index in [0.29, 0.717) is 12.1 Å². The van der Waals surface area contributed by atoms with Gasteiger partial charge < -0.3 is 10.0 Å². The van der Waals surface area contributed by atoms with E-state index < -0.39 is 0 Å². The molecule has 0 saturated carbocycles. The summed E-state index contributed by atoms with van der Waals surface area (Å²) in [6.07, 6.45) is 5.20. The average Bonchev–Trinajstić information content (AvgIpc) is 2.28. The molecule has 1 N–H and O–H groups in total. The van der Waals surface area contributed by atoms with E-state index in [9.17, 15) is 0 Å². The zero-order valence-electron chi connectivity index (χ0n) is 8.57. The van der Waals surface area contributed by atoms with Crippen LogP contribution in [0.1, 0.15) is 11.1 Å². The molecule has 0 heterocycles. The smallest absolute Gasteiger partial charge is 0.101 e. The summed E-state index contributed by atoms with van der Waals surface area (Å²) in [6.45, 7) is 0.390. The Morgan fingerprint density at radius 1 is 1.53 bits per heavy atom. The molecule has 3 nitrogen and oxygen atoms in total. The average molecular weight is 200 g/mol. The van der Waals surface area contributed by atoms with Crippen molar-refractivity contribution in [3.63, 3.8) is 0 Å². The lowest BCUT2D eigenvalue weighted by Crippen LogP contribution is -2.18. The lowest BCUT2D eigenvalue weighted by Gasteiger charge is -2.17. The molecule has 0 amide bonds. The van der Waals surface area contributed by atoms with Gasteiger partial charge in [0.15, 0.2) is 0 Å². The van der Waals surface area contributed by atoms with E-state index in [1.165, 1.54) is 0 Å². The van der Waals surface area contributed by atoms with Crippen LogP contribution >= 0.6 is 0 Å². The van der Waals surface area contributed by atoms with Crippen molar-refractivity contribution in [1.29, 1.82) is 5.26 Å². The van der Waals surface area contributed by atoms with Crippen LogP contribution in [0, 0.1) is 23.7 Å². The minimum absolute atomic E-state index is 0.0617. The molecule has 0 aliphatic rings. The number of aliphatic hydroxyl groups excluding tert-OH is 1. The van der Waals surface area contributed by atoms with Crippen molar-refractivity contribution >= 4 is 5.69 Å². The maximum absolute atomic E-state index is 8.95. The van der Waals surface area contributed by atoms with Gasteiger partial charge in [0.25, 0.3) is 0 Å². The molecule has 3 heteroatoms. The largest absolute Gasteiger partial charge is 0.392 e. The molecule has 0 bridgehead atoms. The molecule has 15 heavy (non-hydrogen) atoms. The molecule has 1 aromatic carbocycles. The van der Waals surface area contributed by atoms with Gasteiger partial charge in [-0.15, -0.1) is 6.42 Å². The van der Waals surface area contributed by atoms with Gasteiger partial charge in [-0.3, -0.25) is 0 Å². The first-order chi connectivity index (χ1) is 7.22. The second-order valence-electron chi connectivity index (χ2n) is 3.18. The monoisotopic (exact) mass is 200 g/mol. The fraction of sp³-hybridized carbons (Fsp3) is 0.250. The molecule has 0 spiro atoms. The third-order valence-electron chi connectivity index (χ3n) is 2.10. The Morgan fingerprint density at radius 3 is 2.80 bits per heavy atom. The first kappa shape index (κ1) is 11.1. The number of aliphatic hydroxyl groups is 1. The SMILES string of the molecule is C#CCN(C)c1ccc(CO)cc1C#N. The first-order valence-electron chi connectivity index (χ1n) is 4.51. The van der Waals surface area contributed by atoms with Crippen molar-refractivity contribution in [2.24, 2.45) is 0 Å². The number of hydrogen-bond donors (Lipinski definition) is 1. The Bertz CT molecular complexity index is 426. The highest BCUT2D eigenvalue weighted by Gasteiger charge is 2.06. The second kappa shape index (κ2) is 5.05. The summed E-state index contributed by atoms with van der Waals surface area (Å²) in [5.74, 6) is 2.51. The summed E-state index contributed by atoms with van der Waals surface area (Å²) in [5.41, 5.74) is 2.04. The molecule has 0 aliphatic heterocycles. The molecular weight excluding hydrogens is 188 g/mol. The number of benzene rings is 1. The number of terminal acetylenes is 1. The van der Waals surface area contributed by atoms with Crippen molar-refractivity contribution in [2.45, 2.75) is 6.61 Å². The van der Waals surface area contributed by atoms with Gasteiger partial charge in [0, 0.05) is 7.05 Å². The van der Waals surface area contributed by atoms with Crippen LogP contribution < -0.4 is 4.90 Å². The normalized spacial score (nSPS) is 9.07. The quantitative estimate of drug-likeness (QED) is 0.744. The molecule has 76 valence electrons. The van der Waals surface area contributed by atoms with Crippen LogP contribution in [0.3, 0.4) is 0 Å². The summed E-state index contributed by atoms with van der Waals surface area (Å²) in [6, 6.07) is 7.33. The molecule has 1 rings (SSSR count). The summed E-state index contributed by atoms with van der Waals surface area (Å²) in [7, 11) is 1.83. The summed E-state index contributed by atoms with van der Waals surface area (Å²) in [5, 5.41) is 17.9. The van der Waals surface area contributed by atoms with Gasteiger partial charge in [-0.2, -0.15) is 5.26 Å². The minimum atomic E-state index is -0.0617. The number of nitrogens with zero attached hydrogens (tertiary/aromatic N) is 2. The Kier molecular flexibility index (Phi) is 3.74. The van der Waals surface area contributed by atoms with Gasteiger partial charge in [-0.1, -0.05) is 12.0 Å². The zero-order chi connectivity index (χ0) is 11.3. The number of anilines is 1. The van der Waals surface area contributed by atoms with Gasteiger partial charge >= 0.3 is 0 Å². The predicted octanol–water partition coefficient (Wildman–Crippen LogP) is 1.12. The van der Waals surface area contributed by atoms with Crippen molar-refractivity contribution in [3.05, 3.63) is 29.3 Å². The third-order valence-corrected chi connectivity index (χ3v) is 2.10. The highest BCUT2D eigenvalue weighted by atomic mass is 16.3. The lowest BCUT2D eigenvalue weighted by molar-refractivity contribution is 0.282. The zero-order valence-corrected chi connectivity index (χ0v) is 8.57. The molecule has 0 saturated heterocycles.